The van der Waals surface area contributed by atoms with Gasteiger partial charge in [-0.25, -0.2) is 9.13 Å². The molecule has 0 fully saturated rings. The van der Waals surface area contributed by atoms with Crippen molar-refractivity contribution in [3.8, 4) is 0 Å². The van der Waals surface area contributed by atoms with E-state index in [1.54, 1.807) is 0 Å². The molecule has 0 radical (unpaired) electrons. The first-order chi connectivity index (χ1) is 41.5. The van der Waals surface area contributed by atoms with Crippen LogP contribution in [0.3, 0.4) is 0 Å². The molecule has 0 saturated carbocycles. The largest absolute Gasteiger partial charge is 0.472 e. The van der Waals surface area contributed by atoms with Crippen LogP contribution in [0.5, 0.6) is 0 Å². The van der Waals surface area contributed by atoms with Gasteiger partial charge in [0, 0.05) is 25.7 Å². The summed E-state index contributed by atoms with van der Waals surface area (Å²) in [5.41, 5.74) is 0. The highest BCUT2D eigenvalue weighted by molar-refractivity contribution is 7.47. The van der Waals surface area contributed by atoms with Crippen LogP contribution < -0.4 is 0 Å². The first-order valence-electron chi connectivity index (χ1n) is 35.1. The average Bonchev–Trinajstić information content (AvgIpc) is 3.61. The van der Waals surface area contributed by atoms with E-state index < -0.39 is 97.5 Å². The van der Waals surface area contributed by atoms with Gasteiger partial charge in [-0.05, 0) is 31.6 Å². The highest BCUT2D eigenvalue weighted by Crippen LogP contribution is 2.45. The Morgan fingerprint density at radius 2 is 0.535 bits per heavy atom. The molecular formula is C67H130O17P2. The van der Waals surface area contributed by atoms with E-state index in [0.717, 1.165) is 115 Å². The maximum absolute atomic E-state index is 13.0. The monoisotopic (exact) mass is 1270 g/mol. The Morgan fingerprint density at radius 1 is 0.314 bits per heavy atom. The molecule has 0 aromatic carbocycles. The fraction of sp³-hybridized carbons (Fsp3) is 0.940. The van der Waals surface area contributed by atoms with Gasteiger partial charge in [-0.1, -0.05) is 291 Å². The lowest BCUT2D eigenvalue weighted by atomic mass is 10.0. The summed E-state index contributed by atoms with van der Waals surface area (Å²) in [7, 11) is -9.88. The normalized spacial score (nSPS) is 14.2. The quantitative estimate of drug-likeness (QED) is 0.0222. The summed E-state index contributed by atoms with van der Waals surface area (Å²) in [5, 5.41) is 10.5. The number of ether oxygens (including phenoxy) is 4. The molecule has 0 aromatic rings. The smallest absolute Gasteiger partial charge is 0.462 e. The first kappa shape index (κ1) is 84.1. The molecule has 0 aliphatic rings. The van der Waals surface area contributed by atoms with Crippen LogP contribution in [0.4, 0.5) is 0 Å². The molecule has 3 N–H and O–H groups in total. The van der Waals surface area contributed by atoms with Crippen LogP contribution in [0.1, 0.15) is 343 Å². The molecule has 0 heterocycles. The highest BCUT2D eigenvalue weighted by atomic mass is 31.2. The lowest BCUT2D eigenvalue weighted by Crippen LogP contribution is -2.30. The van der Waals surface area contributed by atoms with Crippen molar-refractivity contribution in [3.63, 3.8) is 0 Å². The molecule has 0 saturated heterocycles. The summed E-state index contributed by atoms with van der Waals surface area (Å²) in [6, 6.07) is 0. The van der Waals surface area contributed by atoms with Crippen LogP contribution in [0.2, 0.25) is 0 Å². The molecule has 0 aromatic heterocycles. The van der Waals surface area contributed by atoms with E-state index in [1.807, 2.05) is 0 Å². The third-order valence-electron chi connectivity index (χ3n) is 15.5. The lowest BCUT2D eigenvalue weighted by Gasteiger charge is -2.21. The molecule has 5 atom stereocenters. The van der Waals surface area contributed by atoms with Crippen molar-refractivity contribution >= 4 is 39.5 Å². The Hall–Kier alpha value is -1.94. The minimum absolute atomic E-state index is 0.103. The fourth-order valence-corrected chi connectivity index (χ4v) is 11.7. The van der Waals surface area contributed by atoms with E-state index in [-0.39, 0.29) is 25.7 Å². The summed E-state index contributed by atoms with van der Waals surface area (Å²) >= 11 is 0. The summed E-state index contributed by atoms with van der Waals surface area (Å²) in [6.45, 7) is 7.12. The Morgan fingerprint density at radius 3 is 0.791 bits per heavy atom. The zero-order valence-electron chi connectivity index (χ0n) is 55.4. The van der Waals surface area contributed by atoms with Crippen molar-refractivity contribution in [1.29, 1.82) is 0 Å². The molecule has 2 unspecified atom stereocenters. The Labute approximate surface area is 524 Å². The Kier molecular flexibility index (Phi) is 59.2. The molecule has 0 rings (SSSR count). The Balaban J connectivity index is 5.11. The zero-order chi connectivity index (χ0) is 63.5. The number of aliphatic hydroxyl groups excluding tert-OH is 1. The standard InChI is InChI=1S/C67H130O17P2/c1-6-9-12-15-17-18-19-20-21-24-27-30-33-37-41-46-51-65(70)78-57-63(84-67(72)53-48-43-38-34-31-28-25-22-23-26-29-32-36-40-44-49-60(4)5)59-82-86(75,76)80-55-61(68)54-79-85(73,74)81-58-62(56-77-64(69)50-45-39-14-11-8-3)83-66(71)52-47-42-35-16-13-10-7-2/h60-63,68H,6-59H2,1-5H3,(H,73,74)(H,75,76)/t61-,62+,63+/m0/s1. The number of hydrogen-bond acceptors (Lipinski definition) is 15. The number of aliphatic hydroxyl groups is 1. The molecule has 0 aliphatic heterocycles. The maximum Gasteiger partial charge on any atom is 0.472 e. The minimum atomic E-state index is -4.95. The molecular weight excluding hydrogens is 1140 g/mol. The third-order valence-corrected chi connectivity index (χ3v) is 17.4. The predicted octanol–water partition coefficient (Wildman–Crippen LogP) is 19.0. The van der Waals surface area contributed by atoms with Crippen LogP contribution in [0.25, 0.3) is 0 Å². The van der Waals surface area contributed by atoms with Crippen LogP contribution in [-0.2, 0) is 65.4 Å². The number of hydrogen-bond donors (Lipinski definition) is 3. The number of unbranched alkanes of at least 4 members (excludes halogenated alkanes) is 39. The maximum atomic E-state index is 13.0. The zero-order valence-corrected chi connectivity index (χ0v) is 57.2. The summed E-state index contributed by atoms with van der Waals surface area (Å²) < 4.78 is 67.8. The number of phosphoric ester groups is 2. The fourth-order valence-electron chi connectivity index (χ4n) is 10.1. The van der Waals surface area contributed by atoms with E-state index in [9.17, 15) is 43.2 Å². The number of esters is 4. The van der Waals surface area contributed by atoms with E-state index >= 15 is 0 Å². The van der Waals surface area contributed by atoms with Gasteiger partial charge < -0.3 is 33.8 Å². The second-order valence-electron chi connectivity index (χ2n) is 24.7. The van der Waals surface area contributed by atoms with Gasteiger partial charge in [0.15, 0.2) is 12.2 Å². The van der Waals surface area contributed by atoms with Crippen molar-refractivity contribution in [2.75, 3.05) is 39.6 Å². The summed E-state index contributed by atoms with van der Waals surface area (Å²) in [6.07, 6.45) is 46.4. The molecule has 0 aliphatic carbocycles. The molecule has 0 bridgehead atoms. The van der Waals surface area contributed by atoms with E-state index in [4.69, 9.17) is 37.0 Å². The van der Waals surface area contributed by atoms with Gasteiger partial charge in [0.25, 0.3) is 0 Å². The van der Waals surface area contributed by atoms with Crippen molar-refractivity contribution in [3.05, 3.63) is 0 Å². The predicted molar refractivity (Wildman–Crippen MR) is 345 cm³/mol. The topological polar surface area (TPSA) is 237 Å². The van der Waals surface area contributed by atoms with Crippen LogP contribution in [0.15, 0.2) is 0 Å². The number of carbonyl (C=O) groups is 4. The van der Waals surface area contributed by atoms with Gasteiger partial charge in [-0.15, -0.1) is 0 Å². The van der Waals surface area contributed by atoms with Crippen molar-refractivity contribution < 1.29 is 80.2 Å². The molecule has 17 nitrogen and oxygen atoms in total. The van der Waals surface area contributed by atoms with Crippen LogP contribution >= 0.6 is 15.6 Å². The van der Waals surface area contributed by atoms with Crippen molar-refractivity contribution in [2.24, 2.45) is 5.92 Å². The van der Waals surface area contributed by atoms with E-state index in [2.05, 4.69) is 34.6 Å². The van der Waals surface area contributed by atoms with Gasteiger partial charge in [0.05, 0.1) is 26.4 Å². The van der Waals surface area contributed by atoms with Gasteiger partial charge in [0.1, 0.15) is 19.3 Å². The van der Waals surface area contributed by atoms with Gasteiger partial charge in [-0.3, -0.25) is 37.3 Å². The Bertz CT molecular complexity index is 1670. The van der Waals surface area contributed by atoms with Crippen LogP contribution in [0, 0.1) is 5.92 Å². The second kappa shape index (κ2) is 60.6. The van der Waals surface area contributed by atoms with Gasteiger partial charge >= 0.3 is 39.5 Å². The number of phosphoric acid groups is 2. The van der Waals surface area contributed by atoms with E-state index in [0.29, 0.717) is 25.7 Å². The number of carbonyl (C=O) groups excluding carboxylic acids is 4. The molecule has 86 heavy (non-hydrogen) atoms. The third kappa shape index (κ3) is 60.9. The lowest BCUT2D eigenvalue weighted by molar-refractivity contribution is -0.161. The van der Waals surface area contributed by atoms with Gasteiger partial charge in [0.2, 0.25) is 0 Å². The van der Waals surface area contributed by atoms with Crippen LogP contribution in [-0.4, -0.2) is 96.7 Å². The molecule has 0 spiro atoms. The molecule has 510 valence electrons. The summed E-state index contributed by atoms with van der Waals surface area (Å²) in [5.74, 6) is -1.34. The average molecular weight is 1270 g/mol. The number of rotatable bonds is 67. The van der Waals surface area contributed by atoms with Crippen molar-refractivity contribution in [1.82, 2.24) is 0 Å². The first-order valence-corrected chi connectivity index (χ1v) is 38.1. The van der Waals surface area contributed by atoms with Gasteiger partial charge in [-0.2, -0.15) is 0 Å². The SMILES string of the molecule is CCCCCCCCCCCCCCCCCCC(=O)OC[C@H](COP(=O)(O)OC[C@@H](O)COP(=O)(O)OC[C@@H](COC(=O)CCCCCCC)OC(=O)CCCCCCCCC)OC(=O)CCCCCCCCCCCCCCCCCC(C)C. The second-order valence-corrected chi connectivity index (χ2v) is 27.6. The van der Waals surface area contributed by atoms with E-state index in [1.165, 1.54) is 148 Å². The molecule has 0 amide bonds. The van der Waals surface area contributed by atoms with Crippen molar-refractivity contribution in [2.45, 2.75) is 361 Å². The minimum Gasteiger partial charge on any atom is -0.462 e. The molecule has 19 heteroatoms. The summed E-state index contributed by atoms with van der Waals surface area (Å²) in [4.78, 5) is 72.0. The highest BCUT2D eigenvalue weighted by Gasteiger charge is 2.30.